The minimum atomic E-state index is -2.69. The topological polar surface area (TPSA) is 18.5 Å². The van der Waals surface area contributed by atoms with E-state index in [1.54, 1.807) is 0 Å². The highest BCUT2D eigenvalue weighted by atomic mass is 28.4. The van der Waals surface area contributed by atoms with E-state index in [2.05, 4.69) is 75.5 Å². The molecule has 0 spiro atoms. The van der Waals surface area contributed by atoms with Crippen molar-refractivity contribution in [1.29, 1.82) is 0 Å². The zero-order valence-corrected chi connectivity index (χ0v) is 18.0. The summed E-state index contributed by atoms with van der Waals surface area (Å²) in [6.07, 6.45) is 6.45. The quantitative estimate of drug-likeness (QED) is 0.434. The van der Waals surface area contributed by atoms with Crippen LogP contribution in [0.1, 0.15) is 51.7 Å². The number of hydrogen-bond acceptors (Lipinski definition) is 2. The third kappa shape index (κ3) is 7.29. The van der Waals surface area contributed by atoms with Gasteiger partial charge in [0.05, 0.1) is 0 Å². The molecule has 2 aromatic carbocycles. The molecule has 2 unspecified atom stereocenters. The molecule has 0 aliphatic carbocycles. The summed E-state index contributed by atoms with van der Waals surface area (Å²) in [5, 5.41) is 0. The van der Waals surface area contributed by atoms with Crippen LogP contribution in [0.4, 0.5) is 0 Å². The first-order chi connectivity index (χ1) is 13.1. The first-order valence-corrected chi connectivity index (χ1v) is 11.9. The van der Waals surface area contributed by atoms with E-state index in [0.717, 1.165) is 24.0 Å². The monoisotopic (exact) mass is 380 g/mol. The summed E-state index contributed by atoms with van der Waals surface area (Å²) in [6, 6.07) is 20.7. The molecular weight excluding hydrogens is 348 g/mol. The molecule has 0 heterocycles. The summed E-state index contributed by atoms with van der Waals surface area (Å²) >= 11 is 0. The molecule has 27 heavy (non-hydrogen) atoms. The van der Waals surface area contributed by atoms with Crippen LogP contribution in [-0.2, 0) is 8.85 Å². The molecule has 0 saturated carbocycles. The second-order valence-corrected chi connectivity index (χ2v) is 9.46. The fraction of sp³-hybridized carbons (Fsp3) is 0.333. The molecule has 0 radical (unpaired) electrons. The van der Waals surface area contributed by atoms with E-state index in [1.807, 2.05) is 36.4 Å². The van der Waals surface area contributed by atoms with Crippen molar-refractivity contribution in [3.8, 4) is 0 Å². The van der Waals surface area contributed by atoms with Gasteiger partial charge in [-0.05, 0) is 49.2 Å². The minimum absolute atomic E-state index is 0.140. The van der Waals surface area contributed by atoms with Gasteiger partial charge in [-0.15, -0.1) is 0 Å². The van der Waals surface area contributed by atoms with Crippen LogP contribution in [0.3, 0.4) is 0 Å². The van der Waals surface area contributed by atoms with E-state index < -0.39 is 8.56 Å². The van der Waals surface area contributed by atoms with Crippen molar-refractivity contribution in [2.75, 3.05) is 0 Å². The number of hydrogen-bond donors (Lipinski definition) is 0. The van der Waals surface area contributed by atoms with Crippen LogP contribution in [0, 0.1) is 0 Å². The molecule has 0 fully saturated rings. The van der Waals surface area contributed by atoms with Crippen LogP contribution in [0.15, 0.2) is 72.1 Å². The standard InChI is InChI=1S/C24H32O2Si/c1-5-21(3)25-27(26-22(4)6-2,19-17-23-13-9-7-10-14-23)20-18-24-15-11-8-12-16-24/h7-22H,5-6H2,1-4H3. The Labute approximate surface area is 165 Å². The second-order valence-electron chi connectivity index (χ2n) is 6.88. The second kappa shape index (κ2) is 11.0. The van der Waals surface area contributed by atoms with Crippen LogP contribution in [-0.4, -0.2) is 20.8 Å². The van der Waals surface area contributed by atoms with Crippen molar-refractivity contribution in [1.82, 2.24) is 0 Å². The minimum Gasteiger partial charge on any atom is -0.386 e. The molecule has 0 bridgehead atoms. The van der Waals surface area contributed by atoms with Gasteiger partial charge in [-0.1, -0.05) is 86.7 Å². The Balaban J connectivity index is 2.40. The lowest BCUT2D eigenvalue weighted by atomic mass is 10.2. The molecular formula is C24H32O2Si. The van der Waals surface area contributed by atoms with Crippen LogP contribution in [0.2, 0.25) is 0 Å². The van der Waals surface area contributed by atoms with E-state index in [1.165, 1.54) is 0 Å². The van der Waals surface area contributed by atoms with Crippen molar-refractivity contribution in [3.05, 3.63) is 83.2 Å². The number of benzene rings is 2. The molecule has 0 aliphatic heterocycles. The van der Waals surface area contributed by atoms with Crippen LogP contribution >= 0.6 is 0 Å². The predicted molar refractivity (Wildman–Crippen MR) is 118 cm³/mol. The summed E-state index contributed by atoms with van der Waals surface area (Å²) in [6.45, 7) is 8.53. The van der Waals surface area contributed by atoms with Crippen molar-refractivity contribution < 1.29 is 8.85 Å². The van der Waals surface area contributed by atoms with Gasteiger partial charge in [-0.2, -0.15) is 0 Å². The molecule has 144 valence electrons. The predicted octanol–water partition coefficient (Wildman–Crippen LogP) is 6.56. The van der Waals surface area contributed by atoms with Gasteiger partial charge in [0.25, 0.3) is 0 Å². The van der Waals surface area contributed by atoms with Crippen LogP contribution in [0.25, 0.3) is 12.2 Å². The molecule has 0 amide bonds. The summed E-state index contributed by atoms with van der Waals surface area (Å²) in [7, 11) is -2.69. The van der Waals surface area contributed by atoms with Gasteiger partial charge in [-0.25, -0.2) is 0 Å². The van der Waals surface area contributed by atoms with Crippen LogP contribution < -0.4 is 0 Å². The molecule has 2 aromatic rings. The first-order valence-electron chi connectivity index (χ1n) is 9.91. The Morgan fingerprint density at radius 1 is 0.704 bits per heavy atom. The van der Waals surface area contributed by atoms with Gasteiger partial charge < -0.3 is 8.85 Å². The Morgan fingerprint density at radius 3 is 1.41 bits per heavy atom. The molecule has 0 saturated heterocycles. The van der Waals surface area contributed by atoms with Gasteiger partial charge >= 0.3 is 8.56 Å². The third-order valence-electron chi connectivity index (χ3n) is 4.54. The average Bonchev–Trinajstić information content (AvgIpc) is 2.72. The molecule has 0 aromatic heterocycles. The van der Waals surface area contributed by atoms with Gasteiger partial charge in [0, 0.05) is 12.2 Å². The lowest BCUT2D eigenvalue weighted by Gasteiger charge is -2.31. The molecule has 2 atom stereocenters. The van der Waals surface area contributed by atoms with Crippen LogP contribution in [0.5, 0.6) is 0 Å². The maximum atomic E-state index is 6.55. The van der Waals surface area contributed by atoms with Gasteiger partial charge in [0.15, 0.2) is 0 Å². The normalized spacial score (nSPS) is 16.4. The van der Waals surface area contributed by atoms with E-state index in [-0.39, 0.29) is 12.2 Å². The maximum Gasteiger partial charge on any atom is 0.392 e. The van der Waals surface area contributed by atoms with E-state index in [9.17, 15) is 0 Å². The Hall–Kier alpha value is -1.94. The Bertz CT molecular complexity index is 646. The molecule has 3 heteroatoms. The van der Waals surface area contributed by atoms with Crippen molar-refractivity contribution in [3.63, 3.8) is 0 Å². The van der Waals surface area contributed by atoms with Crippen molar-refractivity contribution in [2.24, 2.45) is 0 Å². The fourth-order valence-electron chi connectivity index (χ4n) is 2.59. The SMILES string of the molecule is CCC(C)O[Si](C=Cc1ccccc1)(C=Cc1ccccc1)OC(C)CC. The third-order valence-corrected chi connectivity index (χ3v) is 7.34. The molecule has 0 aliphatic rings. The average molecular weight is 381 g/mol. The lowest BCUT2D eigenvalue weighted by molar-refractivity contribution is 0.104. The van der Waals surface area contributed by atoms with Crippen molar-refractivity contribution in [2.45, 2.75) is 52.7 Å². The highest BCUT2D eigenvalue weighted by Gasteiger charge is 2.35. The molecule has 2 nitrogen and oxygen atoms in total. The number of rotatable bonds is 10. The van der Waals surface area contributed by atoms with E-state index in [0.29, 0.717) is 0 Å². The fourth-order valence-corrected chi connectivity index (χ4v) is 5.51. The Morgan fingerprint density at radius 2 is 1.07 bits per heavy atom. The summed E-state index contributed by atoms with van der Waals surface area (Å²) < 4.78 is 13.1. The highest BCUT2D eigenvalue weighted by molar-refractivity contribution is 6.78. The zero-order chi connectivity index (χ0) is 19.5. The van der Waals surface area contributed by atoms with Gasteiger partial charge in [-0.3, -0.25) is 0 Å². The van der Waals surface area contributed by atoms with E-state index >= 15 is 0 Å². The summed E-state index contributed by atoms with van der Waals surface area (Å²) in [4.78, 5) is 0. The first kappa shape index (κ1) is 21.4. The lowest BCUT2D eigenvalue weighted by Crippen LogP contribution is -2.44. The largest absolute Gasteiger partial charge is 0.392 e. The van der Waals surface area contributed by atoms with E-state index in [4.69, 9.17) is 8.85 Å². The summed E-state index contributed by atoms with van der Waals surface area (Å²) in [5.41, 5.74) is 6.64. The van der Waals surface area contributed by atoms with Gasteiger partial charge in [0.1, 0.15) is 0 Å². The Kier molecular flexibility index (Phi) is 8.72. The molecule has 2 rings (SSSR count). The summed E-state index contributed by atoms with van der Waals surface area (Å²) in [5.74, 6) is 0. The van der Waals surface area contributed by atoms with Gasteiger partial charge in [0.2, 0.25) is 0 Å². The molecule has 0 N–H and O–H groups in total. The maximum absolute atomic E-state index is 6.55. The van der Waals surface area contributed by atoms with Crippen molar-refractivity contribution >= 4 is 20.7 Å². The zero-order valence-electron chi connectivity index (χ0n) is 17.0. The highest BCUT2D eigenvalue weighted by Crippen LogP contribution is 2.22. The smallest absolute Gasteiger partial charge is 0.386 e.